The average Bonchev–Trinajstić information content (AvgIpc) is 3.52. The van der Waals surface area contributed by atoms with Crippen LogP contribution in [0.2, 0.25) is 0 Å². The Kier molecular flexibility index (Phi) is 16.8. The molecule has 34 heavy (non-hydrogen) atoms. The lowest BCUT2D eigenvalue weighted by molar-refractivity contribution is -0.0742. The molecule has 0 bridgehead atoms. The second kappa shape index (κ2) is 19.0. The van der Waals surface area contributed by atoms with E-state index < -0.39 is 0 Å². The van der Waals surface area contributed by atoms with Gasteiger partial charge in [0.1, 0.15) is 0 Å². The van der Waals surface area contributed by atoms with Crippen LogP contribution in [0.1, 0.15) is 155 Å². The lowest BCUT2D eigenvalue weighted by Crippen LogP contribution is -2.38. The summed E-state index contributed by atoms with van der Waals surface area (Å²) in [6.45, 7) is 4.56. The molecule has 2 rings (SSSR count). The van der Waals surface area contributed by atoms with Crippen LogP contribution in [0.3, 0.4) is 0 Å². The van der Waals surface area contributed by atoms with E-state index in [1.807, 2.05) is 0 Å². The highest BCUT2D eigenvalue weighted by Gasteiger charge is 2.40. The Bertz CT molecular complexity index is 433. The molecule has 2 heterocycles. The van der Waals surface area contributed by atoms with Crippen LogP contribution in [0.15, 0.2) is 0 Å². The molecule has 0 aromatic carbocycles. The van der Waals surface area contributed by atoms with Crippen LogP contribution in [0.4, 0.5) is 0 Å². The fraction of sp³-hybridized carbons (Fsp3) is 1.00. The van der Waals surface area contributed by atoms with Crippen molar-refractivity contribution >= 4 is 0 Å². The summed E-state index contributed by atoms with van der Waals surface area (Å²) in [5.74, 6) is 0. The SMILES string of the molecule is CCCCCCCCCC[C@@H](N)C1CCC(C2CCC([C@H](N)CCCCCCCCCC)O2)O1. The minimum absolute atomic E-state index is 0.187. The van der Waals surface area contributed by atoms with Crippen molar-refractivity contribution in [2.75, 3.05) is 0 Å². The summed E-state index contributed by atoms with van der Waals surface area (Å²) in [4.78, 5) is 0. The predicted molar refractivity (Wildman–Crippen MR) is 146 cm³/mol. The molecule has 2 fully saturated rings. The highest BCUT2D eigenvalue weighted by atomic mass is 16.6. The Balaban J connectivity index is 1.51. The van der Waals surface area contributed by atoms with E-state index >= 15 is 0 Å². The van der Waals surface area contributed by atoms with E-state index in [-0.39, 0.29) is 36.5 Å². The van der Waals surface area contributed by atoms with Crippen LogP contribution in [0.5, 0.6) is 0 Å². The molecule has 0 radical (unpaired) electrons. The molecule has 2 aliphatic heterocycles. The van der Waals surface area contributed by atoms with Gasteiger partial charge in [0.15, 0.2) is 0 Å². The highest BCUT2D eigenvalue weighted by Crippen LogP contribution is 2.34. The molecular weight excluding hydrogens is 420 g/mol. The van der Waals surface area contributed by atoms with Gasteiger partial charge in [-0.25, -0.2) is 0 Å². The second-order valence-corrected chi connectivity index (χ2v) is 11.4. The second-order valence-electron chi connectivity index (χ2n) is 11.4. The predicted octanol–water partition coefficient (Wildman–Crippen LogP) is 7.80. The quantitative estimate of drug-likeness (QED) is 0.164. The molecule has 4 N–H and O–H groups in total. The maximum Gasteiger partial charge on any atom is 0.0842 e. The Hall–Kier alpha value is -0.160. The Morgan fingerprint density at radius 1 is 0.500 bits per heavy atom. The highest BCUT2D eigenvalue weighted by molar-refractivity contribution is 4.90. The largest absolute Gasteiger partial charge is 0.371 e. The maximum absolute atomic E-state index is 6.52. The van der Waals surface area contributed by atoms with E-state index in [1.165, 1.54) is 103 Å². The topological polar surface area (TPSA) is 70.5 Å². The van der Waals surface area contributed by atoms with Gasteiger partial charge in [0.2, 0.25) is 0 Å². The van der Waals surface area contributed by atoms with E-state index in [2.05, 4.69) is 13.8 Å². The van der Waals surface area contributed by atoms with Gasteiger partial charge >= 0.3 is 0 Å². The van der Waals surface area contributed by atoms with Crippen molar-refractivity contribution in [2.24, 2.45) is 11.5 Å². The molecule has 4 heteroatoms. The zero-order valence-electron chi connectivity index (χ0n) is 23.0. The van der Waals surface area contributed by atoms with Gasteiger partial charge in [-0.05, 0) is 38.5 Å². The van der Waals surface area contributed by atoms with Gasteiger partial charge in [-0.2, -0.15) is 0 Å². The van der Waals surface area contributed by atoms with Gasteiger partial charge in [-0.1, -0.05) is 117 Å². The third kappa shape index (κ3) is 12.2. The van der Waals surface area contributed by atoms with Crippen molar-refractivity contribution in [3.63, 3.8) is 0 Å². The summed E-state index contributed by atoms with van der Waals surface area (Å²) >= 11 is 0. The molecule has 2 saturated heterocycles. The van der Waals surface area contributed by atoms with Crippen molar-refractivity contribution in [1.29, 1.82) is 0 Å². The van der Waals surface area contributed by atoms with Crippen LogP contribution in [0, 0.1) is 0 Å². The van der Waals surface area contributed by atoms with Crippen molar-refractivity contribution in [3.05, 3.63) is 0 Å². The number of nitrogens with two attached hydrogens (primary N) is 2. The summed E-state index contributed by atoms with van der Waals surface area (Å²) in [6, 6.07) is 0.373. The molecular formula is C30H60N2O2. The molecule has 0 saturated carbocycles. The average molecular weight is 481 g/mol. The van der Waals surface area contributed by atoms with E-state index in [0.717, 1.165) is 38.5 Å². The van der Waals surface area contributed by atoms with Gasteiger partial charge in [0.05, 0.1) is 24.4 Å². The first kappa shape index (κ1) is 30.1. The fourth-order valence-corrected chi connectivity index (χ4v) is 5.95. The lowest BCUT2D eigenvalue weighted by atomic mass is 9.99. The first-order chi connectivity index (χ1) is 16.7. The zero-order valence-corrected chi connectivity index (χ0v) is 23.0. The van der Waals surface area contributed by atoms with E-state index in [0.29, 0.717) is 0 Å². The van der Waals surface area contributed by atoms with Crippen LogP contribution >= 0.6 is 0 Å². The molecule has 6 atom stereocenters. The summed E-state index contributed by atoms with van der Waals surface area (Å²) in [5, 5.41) is 0. The molecule has 4 unspecified atom stereocenters. The molecule has 0 amide bonds. The lowest BCUT2D eigenvalue weighted by Gasteiger charge is -2.25. The van der Waals surface area contributed by atoms with Crippen LogP contribution in [-0.2, 0) is 9.47 Å². The van der Waals surface area contributed by atoms with Crippen molar-refractivity contribution in [3.8, 4) is 0 Å². The molecule has 202 valence electrons. The number of ether oxygens (including phenoxy) is 2. The van der Waals surface area contributed by atoms with Gasteiger partial charge in [0, 0.05) is 12.1 Å². The van der Waals surface area contributed by atoms with E-state index in [1.54, 1.807) is 0 Å². The third-order valence-corrected chi connectivity index (χ3v) is 8.32. The van der Waals surface area contributed by atoms with Crippen molar-refractivity contribution in [1.82, 2.24) is 0 Å². The minimum atomic E-state index is 0.187. The molecule has 0 spiro atoms. The monoisotopic (exact) mass is 480 g/mol. The summed E-state index contributed by atoms with van der Waals surface area (Å²) < 4.78 is 12.8. The number of hydrogen-bond acceptors (Lipinski definition) is 4. The van der Waals surface area contributed by atoms with E-state index in [4.69, 9.17) is 20.9 Å². The minimum Gasteiger partial charge on any atom is -0.371 e. The standard InChI is InChI=1S/C30H60N2O2/c1-3-5-7-9-11-13-15-17-19-25(31)27-21-23-29(33-27)30-24-22-28(34-30)26(32)20-18-16-14-12-10-8-6-4-2/h25-30H,3-24,31-32H2,1-2H3/t25-,26-,27?,28?,29?,30?/m1/s1. The first-order valence-corrected chi connectivity index (χ1v) is 15.5. The normalized spacial score (nSPS) is 26.8. The summed E-state index contributed by atoms with van der Waals surface area (Å²) in [5.41, 5.74) is 13.0. The number of rotatable bonds is 21. The fourth-order valence-electron chi connectivity index (χ4n) is 5.95. The summed E-state index contributed by atoms with van der Waals surface area (Å²) in [7, 11) is 0. The van der Waals surface area contributed by atoms with Gasteiger partial charge in [-0.3, -0.25) is 0 Å². The van der Waals surface area contributed by atoms with Crippen LogP contribution < -0.4 is 11.5 Å². The zero-order chi connectivity index (χ0) is 24.4. The Morgan fingerprint density at radius 2 is 0.824 bits per heavy atom. The molecule has 0 aliphatic carbocycles. The number of unbranched alkanes of at least 4 members (excludes halogenated alkanes) is 14. The van der Waals surface area contributed by atoms with Gasteiger partial charge < -0.3 is 20.9 Å². The first-order valence-electron chi connectivity index (χ1n) is 15.5. The van der Waals surface area contributed by atoms with Crippen LogP contribution in [0.25, 0.3) is 0 Å². The number of hydrogen-bond donors (Lipinski definition) is 2. The Morgan fingerprint density at radius 3 is 1.18 bits per heavy atom. The van der Waals surface area contributed by atoms with Gasteiger partial charge in [-0.15, -0.1) is 0 Å². The smallest absolute Gasteiger partial charge is 0.0842 e. The van der Waals surface area contributed by atoms with Crippen molar-refractivity contribution < 1.29 is 9.47 Å². The van der Waals surface area contributed by atoms with Gasteiger partial charge in [0.25, 0.3) is 0 Å². The third-order valence-electron chi connectivity index (χ3n) is 8.32. The maximum atomic E-state index is 6.52. The molecule has 4 nitrogen and oxygen atoms in total. The molecule has 0 aromatic heterocycles. The van der Waals surface area contributed by atoms with Crippen molar-refractivity contribution in [2.45, 2.75) is 192 Å². The van der Waals surface area contributed by atoms with Crippen LogP contribution in [-0.4, -0.2) is 36.5 Å². The molecule has 2 aliphatic rings. The van der Waals surface area contributed by atoms with E-state index in [9.17, 15) is 0 Å². The molecule has 0 aromatic rings. The Labute approximate surface area is 212 Å². The summed E-state index contributed by atoms with van der Waals surface area (Å²) in [6.07, 6.45) is 29.2.